The van der Waals surface area contributed by atoms with Crippen LogP contribution in [-0.2, 0) is 4.74 Å². The van der Waals surface area contributed by atoms with Gasteiger partial charge in [0.15, 0.2) is 16.7 Å². The molecule has 0 aromatic carbocycles. The molecule has 90 valence electrons. The lowest BCUT2D eigenvalue weighted by atomic mass is 10.3. The minimum atomic E-state index is 0.273. The highest BCUT2D eigenvalue weighted by Crippen LogP contribution is 2.26. The van der Waals surface area contributed by atoms with E-state index in [-0.39, 0.29) is 10.8 Å². The van der Waals surface area contributed by atoms with Gasteiger partial charge in [-0.15, -0.1) is 11.8 Å². The molecule has 0 amide bonds. The van der Waals surface area contributed by atoms with Gasteiger partial charge in [-0.1, -0.05) is 11.6 Å². The molecule has 1 aliphatic rings. The van der Waals surface area contributed by atoms with Crippen LogP contribution in [0.2, 0.25) is 5.15 Å². The summed E-state index contributed by atoms with van der Waals surface area (Å²) < 4.78 is 5.27. The van der Waals surface area contributed by atoms with E-state index < -0.39 is 0 Å². The van der Waals surface area contributed by atoms with Gasteiger partial charge in [-0.05, 0) is 6.26 Å². The summed E-state index contributed by atoms with van der Waals surface area (Å²) in [5, 5.41) is 9.99. The van der Waals surface area contributed by atoms with E-state index in [9.17, 15) is 0 Å². The number of halogens is 1. The predicted octanol–water partition coefficient (Wildman–Crippen LogP) is 1.56. The molecule has 2 rings (SSSR count). The van der Waals surface area contributed by atoms with Gasteiger partial charge >= 0.3 is 0 Å². The summed E-state index contributed by atoms with van der Waals surface area (Å²) in [6.45, 7) is 2.73. The molecule has 0 bridgehead atoms. The number of thioether (sulfide) groups is 1. The Labute approximate surface area is 109 Å². The van der Waals surface area contributed by atoms with Gasteiger partial charge in [0.25, 0.3) is 0 Å². The quantitative estimate of drug-likeness (QED) is 0.760. The van der Waals surface area contributed by atoms with Crippen molar-refractivity contribution >= 4 is 29.2 Å². The number of nitriles is 1. The van der Waals surface area contributed by atoms with Crippen molar-refractivity contribution in [3.8, 4) is 6.07 Å². The number of nitrogens with zero attached hydrogens (tertiary/aromatic N) is 4. The zero-order valence-electron chi connectivity index (χ0n) is 9.31. The van der Waals surface area contributed by atoms with Crippen molar-refractivity contribution in [1.82, 2.24) is 9.97 Å². The van der Waals surface area contributed by atoms with Crippen LogP contribution in [0, 0.1) is 11.3 Å². The predicted molar refractivity (Wildman–Crippen MR) is 66.6 cm³/mol. The summed E-state index contributed by atoms with van der Waals surface area (Å²) in [5.74, 6) is 0.601. The number of hydrogen-bond donors (Lipinski definition) is 0. The number of anilines is 1. The molecule has 0 saturated carbocycles. The van der Waals surface area contributed by atoms with Crippen molar-refractivity contribution in [2.45, 2.75) is 5.03 Å². The second-order valence-electron chi connectivity index (χ2n) is 3.41. The largest absolute Gasteiger partial charge is 0.378 e. The van der Waals surface area contributed by atoms with Crippen molar-refractivity contribution in [1.29, 1.82) is 5.26 Å². The Bertz CT molecular complexity index is 456. The van der Waals surface area contributed by atoms with E-state index in [4.69, 9.17) is 21.6 Å². The third-order valence-corrected chi connectivity index (χ3v) is 3.46. The molecule has 1 aromatic heterocycles. The van der Waals surface area contributed by atoms with Crippen molar-refractivity contribution in [2.75, 3.05) is 37.5 Å². The van der Waals surface area contributed by atoms with E-state index in [1.807, 2.05) is 17.2 Å². The maximum atomic E-state index is 9.06. The van der Waals surface area contributed by atoms with Crippen molar-refractivity contribution in [2.24, 2.45) is 0 Å². The highest BCUT2D eigenvalue weighted by Gasteiger charge is 2.19. The highest BCUT2D eigenvalue weighted by atomic mass is 35.5. The number of aromatic nitrogens is 2. The first-order valence-corrected chi connectivity index (χ1v) is 6.71. The minimum absolute atomic E-state index is 0.273. The molecular weight excluding hydrogens is 260 g/mol. The molecule has 1 saturated heterocycles. The summed E-state index contributed by atoms with van der Waals surface area (Å²) in [6, 6.07) is 2.04. The Kier molecular flexibility index (Phi) is 4.05. The zero-order valence-corrected chi connectivity index (χ0v) is 10.9. The Morgan fingerprint density at radius 1 is 1.41 bits per heavy atom. The van der Waals surface area contributed by atoms with Crippen LogP contribution in [0.5, 0.6) is 0 Å². The molecule has 7 heteroatoms. The summed E-state index contributed by atoms with van der Waals surface area (Å²) in [6.07, 6.45) is 1.88. The number of hydrogen-bond acceptors (Lipinski definition) is 6. The smallest absolute Gasteiger partial charge is 0.184 e. The first-order chi connectivity index (χ1) is 8.26. The monoisotopic (exact) mass is 270 g/mol. The van der Waals surface area contributed by atoms with Crippen LogP contribution in [0.3, 0.4) is 0 Å². The number of morpholine rings is 1. The van der Waals surface area contributed by atoms with Crippen molar-refractivity contribution < 1.29 is 4.74 Å². The molecule has 1 aromatic rings. The Balaban J connectivity index is 2.40. The summed E-state index contributed by atoms with van der Waals surface area (Å²) >= 11 is 7.35. The van der Waals surface area contributed by atoms with E-state index in [1.54, 1.807) is 0 Å². The Morgan fingerprint density at radius 2 is 2.12 bits per heavy atom. The number of rotatable bonds is 2. The molecule has 0 atom stereocenters. The van der Waals surface area contributed by atoms with Crippen molar-refractivity contribution in [3.63, 3.8) is 0 Å². The van der Waals surface area contributed by atoms with Gasteiger partial charge in [-0.3, -0.25) is 0 Å². The number of ether oxygens (including phenoxy) is 1. The second-order valence-corrected chi connectivity index (χ2v) is 4.56. The maximum absolute atomic E-state index is 9.06. The molecule has 0 aliphatic carbocycles. The van der Waals surface area contributed by atoms with Crippen LogP contribution in [-0.4, -0.2) is 42.5 Å². The van der Waals surface area contributed by atoms with Crippen LogP contribution in [0.25, 0.3) is 0 Å². The Morgan fingerprint density at radius 3 is 2.71 bits per heavy atom. The molecule has 0 unspecified atom stereocenters. The summed E-state index contributed by atoms with van der Waals surface area (Å²) in [4.78, 5) is 10.5. The van der Waals surface area contributed by atoms with Crippen molar-refractivity contribution in [3.05, 3.63) is 10.8 Å². The highest BCUT2D eigenvalue weighted by molar-refractivity contribution is 7.98. The van der Waals surface area contributed by atoms with Crippen LogP contribution in [0.15, 0.2) is 5.03 Å². The lowest BCUT2D eigenvalue weighted by Crippen LogP contribution is -2.37. The van der Waals surface area contributed by atoms with Gasteiger partial charge in [0, 0.05) is 13.1 Å². The standard InChI is InChI=1S/C10H11ClN4OS/c1-17-10-8(11)13-7(6-12)9(14-10)15-2-4-16-5-3-15/h2-5H2,1H3. The minimum Gasteiger partial charge on any atom is -0.378 e. The fraction of sp³-hybridized carbons (Fsp3) is 0.500. The normalized spacial score (nSPS) is 15.7. The van der Waals surface area contributed by atoms with E-state index in [2.05, 4.69) is 9.97 Å². The molecule has 0 radical (unpaired) electrons. The van der Waals surface area contributed by atoms with E-state index >= 15 is 0 Å². The average Bonchev–Trinajstić information content (AvgIpc) is 2.39. The lowest BCUT2D eigenvalue weighted by Gasteiger charge is -2.28. The van der Waals surface area contributed by atoms with Gasteiger partial charge in [0.2, 0.25) is 0 Å². The first kappa shape index (κ1) is 12.4. The average molecular weight is 271 g/mol. The second kappa shape index (κ2) is 5.54. The van der Waals surface area contributed by atoms with Gasteiger partial charge in [0.1, 0.15) is 11.1 Å². The van der Waals surface area contributed by atoms with E-state index in [1.165, 1.54) is 11.8 Å². The van der Waals surface area contributed by atoms with Gasteiger partial charge in [-0.2, -0.15) is 5.26 Å². The van der Waals surface area contributed by atoms with Crippen LogP contribution < -0.4 is 4.90 Å². The summed E-state index contributed by atoms with van der Waals surface area (Å²) in [5.41, 5.74) is 0.273. The van der Waals surface area contributed by atoms with Crippen LogP contribution in [0.1, 0.15) is 5.69 Å². The topological polar surface area (TPSA) is 62.0 Å². The third kappa shape index (κ3) is 2.63. The molecule has 0 spiro atoms. The fourth-order valence-electron chi connectivity index (χ4n) is 1.59. The molecule has 5 nitrogen and oxygen atoms in total. The molecular formula is C10H11ClN4OS. The third-order valence-electron chi connectivity index (χ3n) is 2.42. The SMILES string of the molecule is CSc1nc(N2CCOCC2)c(C#N)nc1Cl. The van der Waals surface area contributed by atoms with Crippen LogP contribution >= 0.6 is 23.4 Å². The summed E-state index contributed by atoms with van der Waals surface area (Å²) in [7, 11) is 0. The zero-order chi connectivity index (χ0) is 12.3. The lowest BCUT2D eigenvalue weighted by molar-refractivity contribution is 0.122. The van der Waals surface area contributed by atoms with Crippen LogP contribution in [0.4, 0.5) is 5.82 Å². The van der Waals surface area contributed by atoms with E-state index in [0.29, 0.717) is 24.1 Å². The van der Waals surface area contributed by atoms with E-state index in [0.717, 1.165) is 13.1 Å². The van der Waals surface area contributed by atoms with Gasteiger partial charge in [-0.25, -0.2) is 9.97 Å². The molecule has 1 aliphatic heterocycles. The fourth-order valence-corrected chi connectivity index (χ4v) is 2.34. The Hall–Kier alpha value is -1.03. The molecule has 2 heterocycles. The molecule has 1 fully saturated rings. The molecule has 17 heavy (non-hydrogen) atoms. The maximum Gasteiger partial charge on any atom is 0.184 e. The molecule has 0 N–H and O–H groups in total. The first-order valence-electron chi connectivity index (χ1n) is 5.10. The van der Waals surface area contributed by atoms with Gasteiger partial charge in [0.05, 0.1) is 13.2 Å². The van der Waals surface area contributed by atoms with Gasteiger partial charge < -0.3 is 9.64 Å².